The Morgan fingerprint density at radius 2 is 1.60 bits per heavy atom. The summed E-state index contributed by atoms with van der Waals surface area (Å²) in [5.74, 6) is 0.269. The second-order valence-corrected chi connectivity index (χ2v) is 12.2. The summed E-state index contributed by atoms with van der Waals surface area (Å²) >= 11 is 0. The molecule has 1 saturated heterocycles. The third kappa shape index (κ3) is 7.95. The molecule has 0 radical (unpaired) electrons. The summed E-state index contributed by atoms with van der Waals surface area (Å²) < 4.78 is 5.51. The summed E-state index contributed by atoms with van der Waals surface area (Å²) in [5, 5.41) is 12.1. The first-order valence-corrected chi connectivity index (χ1v) is 14.8. The summed E-state index contributed by atoms with van der Waals surface area (Å²) in [6.07, 6.45) is 6.44. The van der Waals surface area contributed by atoms with E-state index in [2.05, 4.69) is 15.3 Å². The van der Waals surface area contributed by atoms with Gasteiger partial charge >= 0.3 is 6.09 Å². The number of hydrogen-bond acceptors (Lipinski definition) is 7. The summed E-state index contributed by atoms with van der Waals surface area (Å²) in [7, 11) is 0. The third-order valence-corrected chi connectivity index (χ3v) is 7.55. The van der Waals surface area contributed by atoms with Crippen LogP contribution in [-0.4, -0.2) is 73.6 Å². The Kier molecular flexibility index (Phi) is 9.05. The van der Waals surface area contributed by atoms with E-state index in [9.17, 15) is 19.5 Å². The molecule has 1 aliphatic carbocycles. The number of aromatic nitrogens is 2. The maximum Gasteiger partial charge on any atom is 0.410 e. The van der Waals surface area contributed by atoms with Gasteiger partial charge in [-0.25, -0.2) is 14.8 Å². The lowest BCUT2D eigenvalue weighted by molar-refractivity contribution is -0.115. The second kappa shape index (κ2) is 12.9. The van der Waals surface area contributed by atoms with Crippen LogP contribution in [-0.2, 0) is 22.6 Å². The van der Waals surface area contributed by atoms with Crippen molar-refractivity contribution >= 4 is 23.6 Å². The van der Waals surface area contributed by atoms with Crippen LogP contribution in [0.2, 0.25) is 0 Å². The van der Waals surface area contributed by atoms with Crippen molar-refractivity contribution < 1.29 is 24.2 Å². The zero-order chi connectivity index (χ0) is 30.6. The highest BCUT2D eigenvalue weighted by atomic mass is 16.6. The first-order valence-electron chi connectivity index (χ1n) is 14.8. The third-order valence-electron chi connectivity index (χ3n) is 7.55. The van der Waals surface area contributed by atoms with E-state index in [1.54, 1.807) is 41.6 Å². The number of aliphatic hydroxyl groups is 1. The van der Waals surface area contributed by atoms with Crippen molar-refractivity contribution in [2.45, 2.75) is 77.2 Å². The van der Waals surface area contributed by atoms with Crippen molar-refractivity contribution in [1.82, 2.24) is 19.8 Å². The highest BCUT2D eigenvalue weighted by molar-refractivity contribution is 5.94. The van der Waals surface area contributed by atoms with Gasteiger partial charge < -0.3 is 25.0 Å². The van der Waals surface area contributed by atoms with E-state index in [0.29, 0.717) is 43.0 Å². The molecule has 1 aliphatic heterocycles. The molecule has 1 saturated carbocycles. The number of carbonyl (C=O) groups excluding carboxylic acids is 3. The Morgan fingerprint density at radius 3 is 2.21 bits per heavy atom. The molecule has 1 aromatic heterocycles. The Morgan fingerprint density at radius 1 is 0.953 bits per heavy atom. The molecule has 2 aromatic carbocycles. The number of benzene rings is 2. The standard InChI is InChI=1S/C33H39N5O5/c1-33(2,3)43-32(42)37-15-13-28(14-16-37)38(27-11-12-27)31(41)25-19-34-30(35-20-25)24-9-7-22(8-10-24)18-29(40)36-26-6-4-5-23(17-26)21-39/h4-10,17,19-20,27-28,39H,11-16,18,21H2,1-3H3,(H,36,40). The average molecular weight is 586 g/mol. The summed E-state index contributed by atoms with van der Waals surface area (Å²) in [5.41, 5.74) is 2.91. The van der Waals surface area contributed by atoms with E-state index in [1.807, 2.05) is 49.9 Å². The molecule has 0 atom stereocenters. The molecular formula is C33H39N5O5. The number of piperidine rings is 1. The van der Waals surface area contributed by atoms with Crippen molar-refractivity contribution in [3.05, 3.63) is 77.6 Å². The normalized spacial score (nSPS) is 15.6. The second-order valence-electron chi connectivity index (χ2n) is 12.2. The van der Waals surface area contributed by atoms with Crippen LogP contribution in [0.1, 0.15) is 67.9 Å². The largest absolute Gasteiger partial charge is 0.444 e. The molecule has 2 N–H and O–H groups in total. The molecular weight excluding hydrogens is 546 g/mol. The molecule has 2 fully saturated rings. The summed E-state index contributed by atoms with van der Waals surface area (Å²) in [6, 6.07) is 14.8. The van der Waals surface area contributed by atoms with Gasteiger partial charge in [0.15, 0.2) is 5.82 Å². The lowest BCUT2D eigenvalue weighted by Crippen LogP contribution is -2.50. The van der Waals surface area contributed by atoms with E-state index >= 15 is 0 Å². The Balaban J connectivity index is 1.17. The van der Waals surface area contributed by atoms with Crippen LogP contribution in [0.4, 0.5) is 10.5 Å². The van der Waals surface area contributed by atoms with Crippen LogP contribution < -0.4 is 5.32 Å². The molecule has 0 bridgehead atoms. The molecule has 3 amide bonds. The number of hydrogen-bond donors (Lipinski definition) is 2. The van der Waals surface area contributed by atoms with Crippen molar-refractivity contribution in [1.29, 1.82) is 0 Å². The lowest BCUT2D eigenvalue weighted by Gasteiger charge is -2.39. The SMILES string of the molecule is CC(C)(C)OC(=O)N1CCC(N(C(=O)c2cnc(-c3ccc(CC(=O)Nc4cccc(CO)c4)cc3)nc2)C2CC2)CC1. The number of ether oxygens (including phenoxy) is 1. The van der Waals surface area contributed by atoms with Gasteiger partial charge in [0.05, 0.1) is 18.6 Å². The number of aliphatic hydroxyl groups excluding tert-OH is 1. The molecule has 0 unspecified atom stereocenters. The number of likely N-dealkylation sites (tertiary alicyclic amines) is 1. The minimum Gasteiger partial charge on any atom is -0.444 e. The van der Waals surface area contributed by atoms with E-state index in [-0.39, 0.29) is 43.0 Å². The molecule has 10 heteroatoms. The quantitative estimate of drug-likeness (QED) is 0.388. The highest BCUT2D eigenvalue weighted by Gasteiger charge is 2.40. The molecule has 226 valence electrons. The van der Waals surface area contributed by atoms with Gasteiger partial charge in [0.25, 0.3) is 5.91 Å². The highest BCUT2D eigenvalue weighted by Crippen LogP contribution is 2.33. The average Bonchev–Trinajstić information content (AvgIpc) is 3.82. The van der Waals surface area contributed by atoms with Crippen LogP contribution in [0, 0.1) is 0 Å². The van der Waals surface area contributed by atoms with Gasteiger partial charge in [-0.15, -0.1) is 0 Å². The number of amides is 3. The van der Waals surface area contributed by atoms with Gasteiger partial charge in [-0.2, -0.15) is 0 Å². The van der Waals surface area contributed by atoms with Crippen molar-refractivity contribution in [2.24, 2.45) is 0 Å². The zero-order valence-corrected chi connectivity index (χ0v) is 25.0. The Hall–Kier alpha value is -4.31. The number of carbonyl (C=O) groups is 3. The smallest absolute Gasteiger partial charge is 0.410 e. The molecule has 43 heavy (non-hydrogen) atoms. The monoisotopic (exact) mass is 585 g/mol. The van der Waals surface area contributed by atoms with E-state index < -0.39 is 5.60 Å². The summed E-state index contributed by atoms with van der Waals surface area (Å²) in [4.78, 5) is 51.2. The molecule has 2 heterocycles. The first-order chi connectivity index (χ1) is 20.6. The van der Waals surface area contributed by atoms with Gasteiger partial charge in [-0.05, 0) is 69.7 Å². The van der Waals surface area contributed by atoms with Crippen LogP contribution in [0.5, 0.6) is 0 Å². The Bertz CT molecular complexity index is 1440. The van der Waals surface area contributed by atoms with Gasteiger partial charge in [0.1, 0.15) is 5.60 Å². The number of rotatable bonds is 8. The van der Waals surface area contributed by atoms with Crippen molar-refractivity contribution in [2.75, 3.05) is 18.4 Å². The molecule has 3 aromatic rings. The van der Waals surface area contributed by atoms with Crippen LogP contribution >= 0.6 is 0 Å². The fourth-order valence-corrected chi connectivity index (χ4v) is 5.28. The van der Waals surface area contributed by atoms with Crippen LogP contribution in [0.3, 0.4) is 0 Å². The first kappa shape index (κ1) is 30.2. The lowest BCUT2D eigenvalue weighted by atomic mass is 10.0. The maximum absolute atomic E-state index is 13.6. The van der Waals surface area contributed by atoms with E-state index in [0.717, 1.165) is 29.5 Å². The number of nitrogens with one attached hydrogen (secondary N) is 1. The fourth-order valence-electron chi connectivity index (χ4n) is 5.28. The van der Waals surface area contributed by atoms with E-state index in [4.69, 9.17) is 4.74 Å². The van der Waals surface area contributed by atoms with Gasteiger partial charge in [0.2, 0.25) is 5.91 Å². The Labute approximate surface area is 252 Å². The van der Waals surface area contributed by atoms with Crippen molar-refractivity contribution in [3.8, 4) is 11.4 Å². The number of nitrogens with zero attached hydrogens (tertiary/aromatic N) is 4. The number of anilines is 1. The molecule has 0 spiro atoms. The topological polar surface area (TPSA) is 125 Å². The van der Waals surface area contributed by atoms with Gasteiger partial charge in [0, 0.05) is 48.8 Å². The van der Waals surface area contributed by atoms with Gasteiger partial charge in [-0.1, -0.05) is 36.4 Å². The van der Waals surface area contributed by atoms with Gasteiger partial charge in [-0.3, -0.25) is 9.59 Å². The molecule has 5 rings (SSSR count). The zero-order valence-electron chi connectivity index (χ0n) is 25.0. The maximum atomic E-state index is 13.6. The van der Waals surface area contributed by atoms with Crippen LogP contribution in [0.25, 0.3) is 11.4 Å². The predicted molar refractivity (Wildman–Crippen MR) is 162 cm³/mol. The van der Waals surface area contributed by atoms with Crippen LogP contribution in [0.15, 0.2) is 60.9 Å². The molecule has 2 aliphatic rings. The minimum atomic E-state index is -0.538. The van der Waals surface area contributed by atoms with Crippen molar-refractivity contribution in [3.63, 3.8) is 0 Å². The van der Waals surface area contributed by atoms with E-state index in [1.165, 1.54) is 0 Å². The predicted octanol–water partition coefficient (Wildman–Crippen LogP) is 4.82. The fraction of sp³-hybridized carbons (Fsp3) is 0.424. The molecule has 10 nitrogen and oxygen atoms in total. The summed E-state index contributed by atoms with van der Waals surface area (Å²) in [6.45, 7) is 6.60. The minimum absolute atomic E-state index is 0.0572.